The lowest BCUT2D eigenvalue weighted by Crippen LogP contribution is -2.16. The maximum absolute atomic E-state index is 11.9. The monoisotopic (exact) mass is 283 g/mol. The minimum absolute atomic E-state index is 0.0328. The van der Waals surface area contributed by atoms with Gasteiger partial charge in [0.05, 0.1) is 13.0 Å². The molecule has 0 spiro atoms. The molecule has 2 rings (SSSR count). The van der Waals surface area contributed by atoms with Crippen molar-refractivity contribution in [2.75, 3.05) is 11.9 Å². The molecule has 0 atom stereocenters. The number of aryl methyl sites for hydroxylation is 3. The van der Waals surface area contributed by atoms with E-state index in [-0.39, 0.29) is 5.91 Å². The molecule has 0 saturated carbocycles. The molecule has 0 aliphatic rings. The van der Waals surface area contributed by atoms with Crippen molar-refractivity contribution in [1.29, 1.82) is 0 Å². The summed E-state index contributed by atoms with van der Waals surface area (Å²) < 4.78 is 5.70. The van der Waals surface area contributed by atoms with Crippen molar-refractivity contribution in [3.05, 3.63) is 59.2 Å². The molecule has 1 amide bonds. The summed E-state index contributed by atoms with van der Waals surface area (Å²) in [5.41, 5.74) is 4.15. The number of carbonyl (C=O) groups excluding carboxylic acids is 1. The second-order valence-corrected chi connectivity index (χ2v) is 5.23. The zero-order valence-electron chi connectivity index (χ0n) is 12.8. The minimum Gasteiger partial charge on any atom is -0.493 e. The first kappa shape index (κ1) is 15.1. The minimum atomic E-state index is -0.0328. The third kappa shape index (κ3) is 4.35. The molecule has 3 nitrogen and oxygen atoms in total. The average molecular weight is 283 g/mol. The molecule has 0 aliphatic carbocycles. The predicted molar refractivity (Wildman–Crippen MR) is 85.8 cm³/mol. The van der Waals surface area contributed by atoms with Crippen molar-refractivity contribution >= 4 is 11.6 Å². The molecule has 0 aliphatic heterocycles. The standard InChI is InChI=1S/C18H21NO2/c1-13-8-9-15(3)17(12-13)21-11-10-18(20)19-16-7-5-4-6-14(16)2/h4-9,12H,10-11H2,1-3H3,(H,19,20). The Hall–Kier alpha value is -2.29. The fourth-order valence-electron chi connectivity index (χ4n) is 2.04. The topological polar surface area (TPSA) is 38.3 Å². The number of para-hydroxylation sites is 1. The van der Waals surface area contributed by atoms with Crippen molar-refractivity contribution in [2.24, 2.45) is 0 Å². The second kappa shape index (κ2) is 6.93. The molecule has 1 N–H and O–H groups in total. The summed E-state index contributed by atoms with van der Waals surface area (Å²) in [7, 11) is 0. The maximum atomic E-state index is 11.9. The van der Waals surface area contributed by atoms with Gasteiger partial charge in [0.2, 0.25) is 5.91 Å². The van der Waals surface area contributed by atoms with E-state index < -0.39 is 0 Å². The van der Waals surface area contributed by atoms with Gasteiger partial charge in [0.25, 0.3) is 0 Å². The number of ether oxygens (including phenoxy) is 1. The molecular formula is C18H21NO2. The third-order valence-electron chi connectivity index (χ3n) is 3.35. The van der Waals surface area contributed by atoms with E-state index in [2.05, 4.69) is 5.32 Å². The fourth-order valence-corrected chi connectivity index (χ4v) is 2.04. The summed E-state index contributed by atoms with van der Waals surface area (Å²) in [6.07, 6.45) is 0.335. The van der Waals surface area contributed by atoms with Crippen LogP contribution in [0, 0.1) is 20.8 Å². The van der Waals surface area contributed by atoms with E-state index in [0.29, 0.717) is 13.0 Å². The van der Waals surface area contributed by atoms with Crippen LogP contribution in [0.4, 0.5) is 5.69 Å². The Kier molecular flexibility index (Phi) is 4.99. The molecule has 3 heteroatoms. The summed E-state index contributed by atoms with van der Waals surface area (Å²) in [4.78, 5) is 11.9. The Bertz CT molecular complexity index is 635. The van der Waals surface area contributed by atoms with Crippen molar-refractivity contribution in [3.8, 4) is 5.75 Å². The molecule has 2 aromatic rings. The predicted octanol–water partition coefficient (Wildman–Crippen LogP) is 4.02. The van der Waals surface area contributed by atoms with Gasteiger partial charge in [-0.05, 0) is 49.6 Å². The van der Waals surface area contributed by atoms with Crippen molar-refractivity contribution in [1.82, 2.24) is 0 Å². The molecule has 0 radical (unpaired) electrons. The number of anilines is 1. The van der Waals surface area contributed by atoms with Crippen LogP contribution in [0.15, 0.2) is 42.5 Å². The van der Waals surface area contributed by atoms with Crippen LogP contribution >= 0.6 is 0 Å². The highest BCUT2D eigenvalue weighted by molar-refractivity contribution is 5.91. The van der Waals surface area contributed by atoms with E-state index in [1.54, 1.807) is 0 Å². The molecule has 21 heavy (non-hydrogen) atoms. The normalized spacial score (nSPS) is 10.2. The quantitative estimate of drug-likeness (QED) is 0.900. The second-order valence-electron chi connectivity index (χ2n) is 5.23. The number of hydrogen-bond acceptors (Lipinski definition) is 2. The van der Waals surface area contributed by atoms with Gasteiger partial charge >= 0.3 is 0 Å². The van der Waals surface area contributed by atoms with E-state index in [4.69, 9.17) is 4.74 Å². The zero-order valence-corrected chi connectivity index (χ0v) is 12.8. The van der Waals surface area contributed by atoms with Crippen molar-refractivity contribution in [3.63, 3.8) is 0 Å². The van der Waals surface area contributed by atoms with E-state index in [1.165, 1.54) is 0 Å². The molecule has 2 aromatic carbocycles. The largest absolute Gasteiger partial charge is 0.493 e. The zero-order chi connectivity index (χ0) is 15.2. The van der Waals surface area contributed by atoms with Gasteiger partial charge < -0.3 is 10.1 Å². The molecule has 0 bridgehead atoms. The van der Waals surface area contributed by atoms with Crippen LogP contribution in [-0.4, -0.2) is 12.5 Å². The Labute approximate surface area is 126 Å². The number of carbonyl (C=O) groups is 1. The van der Waals surface area contributed by atoms with Gasteiger partial charge in [-0.3, -0.25) is 4.79 Å². The lowest BCUT2D eigenvalue weighted by molar-refractivity contribution is -0.116. The third-order valence-corrected chi connectivity index (χ3v) is 3.35. The Morgan fingerprint density at radius 3 is 2.57 bits per heavy atom. The maximum Gasteiger partial charge on any atom is 0.227 e. The number of amides is 1. The highest BCUT2D eigenvalue weighted by Crippen LogP contribution is 2.19. The van der Waals surface area contributed by atoms with E-state index in [9.17, 15) is 4.79 Å². The molecule has 0 fully saturated rings. The number of rotatable bonds is 5. The summed E-state index contributed by atoms with van der Waals surface area (Å²) in [6, 6.07) is 13.8. The van der Waals surface area contributed by atoms with E-state index in [0.717, 1.165) is 28.1 Å². The van der Waals surface area contributed by atoms with Crippen LogP contribution in [0.2, 0.25) is 0 Å². The van der Waals surface area contributed by atoms with Gasteiger partial charge in [-0.15, -0.1) is 0 Å². The summed E-state index contributed by atoms with van der Waals surface area (Å²) in [5, 5.41) is 2.90. The smallest absolute Gasteiger partial charge is 0.227 e. The van der Waals surface area contributed by atoms with Gasteiger partial charge in [-0.2, -0.15) is 0 Å². The molecular weight excluding hydrogens is 262 g/mol. The first-order valence-electron chi connectivity index (χ1n) is 7.12. The van der Waals surface area contributed by atoms with Crippen LogP contribution in [0.3, 0.4) is 0 Å². The van der Waals surface area contributed by atoms with Crippen molar-refractivity contribution in [2.45, 2.75) is 27.2 Å². The summed E-state index contributed by atoms with van der Waals surface area (Å²) >= 11 is 0. The fraction of sp³-hybridized carbons (Fsp3) is 0.278. The van der Waals surface area contributed by atoms with Crippen LogP contribution in [0.1, 0.15) is 23.1 Å². The molecule has 0 aromatic heterocycles. The Morgan fingerprint density at radius 1 is 1.05 bits per heavy atom. The van der Waals surface area contributed by atoms with Gasteiger partial charge in [0.15, 0.2) is 0 Å². The SMILES string of the molecule is Cc1ccc(C)c(OCCC(=O)Nc2ccccc2C)c1. The number of nitrogens with one attached hydrogen (secondary N) is 1. The first-order chi connectivity index (χ1) is 10.1. The van der Waals surface area contributed by atoms with Crippen LogP contribution in [-0.2, 0) is 4.79 Å². The lowest BCUT2D eigenvalue weighted by Gasteiger charge is -2.11. The Morgan fingerprint density at radius 2 is 1.81 bits per heavy atom. The summed E-state index contributed by atoms with van der Waals surface area (Å²) in [6.45, 7) is 6.38. The van der Waals surface area contributed by atoms with Gasteiger partial charge in [-0.1, -0.05) is 30.3 Å². The first-order valence-corrected chi connectivity index (χ1v) is 7.12. The summed E-state index contributed by atoms with van der Waals surface area (Å²) in [5.74, 6) is 0.813. The van der Waals surface area contributed by atoms with E-state index >= 15 is 0 Å². The molecule has 0 unspecified atom stereocenters. The van der Waals surface area contributed by atoms with Crippen LogP contribution < -0.4 is 10.1 Å². The van der Waals surface area contributed by atoms with Crippen molar-refractivity contribution < 1.29 is 9.53 Å². The molecule has 110 valence electrons. The highest BCUT2D eigenvalue weighted by atomic mass is 16.5. The Balaban J connectivity index is 1.85. The lowest BCUT2D eigenvalue weighted by atomic mass is 10.1. The molecule has 0 saturated heterocycles. The highest BCUT2D eigenvalue weighted by Gasteiger charge is 2.06. The van der Waals surface area contributed by atoms with Gasteiger partial charge in [0.1, 0.15) is 5.75 Å². The van der Waals surface area contributed by atoms with Crippen LogP contribution in [0.5, 0.6) is 5.75 Å². The van der Waals surface area contributed by atoms with Crippen LogP contribution in [0.25, 0.3) is 0 Å². The van der Waals surface area contributed by atoms with Gasteiger partial charge in [-0.25, -0.2) is 0 Å². The number of hydrogen-bond donors (Lipinski definition) is 1. The average Bonchev–Trinajstić information content (AvgIpc) is 2.45. The number of benzene rings is 2. The van der Waals surface area contributed by atoms with E-state index in [1.807, 2.05) is 63.2 Å². The van der Waals surface area contributed by atoms with Gasteiger partial charge in [0, 0.05) is 5.69 Å². The molecule has 0 heterocycles.